The zero-order valence-electron chi connectivity index (χ0n) is 14.2. The molecule has 1 aliphatic heterocycles. The average molecular weight is 312 g/mol. The Morgan fingerprint density at radius 2 is 1.71 bits per heavy atom. The predicted octanol–water partition coefficient (Wildman–Crippen LogP) is 5.26. The molecule has 0 bridgehead atoms. The third kappa shape index (κ3) is 4.98. The summed E-state index contributed by atoms with van der Waals surface area (Å²) in [6.07, 6.45) is 7.32. The lowest BCUT2D eigenvalue weighted by atomic mass is 9.82. The molecule has 0 spiro atoms. The average Bonchev–Trinajstić information content (AvgIpc) is 2.39. The SMILES string of the molecule is C=C(/C=C\C(=C)C(C)ON1C(C)(C)CCCC1(C)C)CCl. The van der Waals surface area contributed by atoms with Gasteiger partial charge in [-0.1, -0.05) is 25.3 Å². The highest BCUT2D eigenvalue weighted by Gasteiger charge is 2.43. The molecular formula is C18H30ClNO. The summed E-state index contributed by atoms with van der Waals surface area (Å²) in [6, 6.07) is 0. The van der Waals surface area contributed by atoms with E-state index >= 15 is 0 Å². The van der Waals surface area contributed by atoms with E-state index in [9.17, 15) is 0 Å². The maximum atomic E-state index is 6.27. The van der Waals surface area contributed by atoms with Crippen molar-refractivity contribution in [2.75, 3.05) is 5.88 Å². The fourth-order valence-electron chi connectivity index (χ4n) is 2.89. The summed E-state index contributed by atoms with van der Waals surface area (Å²) in [5, 5.41) is 2.17. The standard InChI is InChI=1S/C18H30ClNO/c1-14(13-19)9-10-15(2)16(3)21-20-17(4,5)11-8-12-18(20,6)7/h9-10,16H,1-2,8,11-13H2,3-7H3/b10-9-. The predicted molar refractivity (Wildman–Crippen MR) is 92.5 cm³/mol. The van der Waals surface area contributed by atoms with E-state index in [4.69, 9.17) is 16.4 Å². The monoisotopic (exact) mass is 311 g/mol. The van der Waals surface area contributed by atoms with Gasteiger partial charge in [0.1, 0.15) is 6.10 Å². The summed E-state index contributed by atoms with van der Waals surface area (Å²) in [7, 11) is 0. The number of nitrogens with zero attached hydrogens (tertiary/aromatic N) is 1. The molecule has 1 aliphatic rings. The van der Waals surface area contributed by atoms with Crippen LogP contribution in [0.1, 0.15) is 53.9 Å². The Hall–Kier alpha value is -0.570. The molecule has 0 N–H and O–H groups in total. The summed E-state index contributed by atoms with van der Waals surface area (Å²) in [6.45, 7) is 19.0. The minimum absolute atomic E-state index is 0.0414. The van der Waals surface area contributed by atoms with Crippen molar-refractivity contribution in [2.45, 2.75) is 71.1 Å². The number of rotatable bonds is 6. The lowest BCUT2D eigenvalue weighted by Crippen LogP contribution is -2.59. The van der Waals surface area contributed by atoms with Crippen LogP contribution in [-0.2, 0) is 4.84 Å². The van der Waals surface area contributed by atoms with Gasteiger partial charge in [0, 0.05) is 17.0 Å². The number of hydrogen-bond donors (Lipinski definition) is 0. The molecule has 0 aromatic heterocycles. The fraction of sp³-hybridized carbons (Fsp3) is 0.667. The topological polar surface area (TPSA) is 12.5 Å². The van der Waals surface area contributed by atoms with Gasteiger partial charge in [0.2, 0.25) is 0 Å². The normalized spacial score (nSPS) is 23.1. The van der Waals surface area contributed by atoms with Crippen molar-refractivity contribution in [2.24, 2.45) is 0 Å². The number of hydroxylamine groups is 2. The highest BCUT2D eigenvalue weighted by molar-refractivity contribution is 6.19. The first-order chi connectivity index (χ1) is 9.60. The summed E-state index contributed by atoms with van der Waals surface area (Å²) >= 11 is 5.73. The number of hydrogen-bond acceptors (Lipinski definition) is 2. The summed E-state index contributed by atoms with van der Waals surface area (Å²) in [4.78, 5) is 6.27. The number of alkyl halides is 1. The van der Waals surface area contributed by atoms with Gasteiger partial charge in [-0.15, -0.1) is 11.6 Å². The lowest BCUT2D eigenvalue weighted by molar-refractivity contribution is -0.294. The maximum Gasteiger partial charge on any atom is 0.101 e. The first-order valence-corrected chi connectivity index (χ1v) is 8.21. The molecule has 1 unspecified atom stereocenters. The summed E-state index contributed by atoms with van der Waals surface area (Å²) < 4.78 is 0. The molecule has 0 saturated carbocycles. The van der Waals surface area contributed by atoms with E-state index in [0.29, 0.717) is 5.88 Å². The number of allylic oxidation sites excluding steroid dienone is 2. The maximum absolute atomic E-state index is 6.27. The highest BCUT2D eigenvalue weighted by Crippen LogP contribution is 2.39. The van der Waals surface area contributed by atoms with Gasteiger partial charge in [-0.2, -0.15) is 5.06 Å². The molecular weight excluding hydrogens is 282 g/mol. The molecule has 1 fully saturated rings. The molecule has 1 saturated heterocycles. The number of halogens is 1. The Labute approximate surface area is 135 Å². The quantitative estimate of drug-likeness (QED) is 0.490. The van der Waals surface area contributed by atoms with E-state index in [0.717, 1.165) is 24.0 Å². The van der Waals surface area contributed by atoms with Crippen LogP contribution in [-0.4, -0.2) is 28.1 Å². The van der Waals surface area contributed by atoms with E-state index < -0.39 is 0 Å². The van der Waals surface area contributed by atoms with Gasteiger partial charge in [0.15, 0.2) is 0 Å². The zero-order chi connectivity index (χ0) is 16.3. The minimum Gasteiger partial charge on any atom is -0.290 e. The van der Waals surface area contributed by atoms with Crippen LogP contribution >= 0.6 is 11.6 Å². The molecule has 1 heterocycles. The van der Waals surface area contributed by atoms with Gasteiger partial charge in [-0.3, -0.25) is 4.84 Å². The Balaban J connectivity index is 2.75. The van der Waals surface area contributed by atoms with Crippen molar-refractivity contribution < 1.29 is 4.84 Å². The molecule has 0 amide bonds. The molecule has 3 heteroatoms. The van der Waals surface area contributed by atoms with Crippen LogP contribution in [0.2, 0.25) is 0 Å². The second-order valence-corrected chi connectivity index (χ2v) is 7.49. The molecule has 120 valence electrons. The second kappa shape index (κ2) is 7.13. The first-order valence-electron chi connectivity index (χ1n) is 7.68. The third-order valence-electron chi connectivity index (χ3n) is 4.17. The van der Waals surface area contributed by atoms with Crippen molar-refractivity contribution >= 4 is 11.6 Å². The van der Waals surface area contributed by atoms with Crippen LogP contribution in [0.25, 0.3) is 0 Å². The molecule has 0 radical (unpaired) electrons. The van der Waals surface area contributed by atoms with E-state index in [1.54, 1.807) is 0 Å². The van der Waals surface area contributed by atoms with Crippen molar-refractivity contribution in [3.63, 3.8) is 0 Å². The van der Waals surface area contributed by atoms with Crippen LogP contribution in [0.15, 0.2) is 36.5 Å². The first kappa shape index (κ1) is 18.5. The Morgan fingerprint density at radius 3 is 2.19 bits per heavy atom. The highest BCUT2D eigenvalue weighted by atomic mass is 35.5. The zero-order valence-corrected chi connectivity index (χ0v) is 15.0. The van der Waals surface area contributed by atoms with Gasteiger partial charge in [0.25, 0.3) is 0 Å². The smallest absolute Gasteiger partial charge is 0.101 e. The minimum atomic E-state index is -0.0685. The van der Waals surface area contributed by atoms with Gasteiger partial charge in [0.05, 0.1) is 0 Å². The molecule has 1 atom stereocenters. The lowest BCUT2D eigenvalue weighted by Gasteiger charge is -2.52. The third-order valence-corrected chi connectivity index (χ3v) is 4.51. The van der Waals surface area contributed by atoms with E-state index in [-0.39, 0.29) is 17.2 Å². The van der Waals surface area contributed by atoms with Gasteiger partial charge < -0.3 is 0 Å². The van der Waals surface area contributed by atoms with Crippen molar-refractivity contribution in [3.05, 3.63) is 36.5 Å². The largest absolute Gasteiger partial charge is 0.290 e. The van der Waals surface area contributed by atoms with Crippen LogP contribution in [0.4, 0.5) is 0 Å². The fourth-order valence-corrected chi connectivity index (χ4v) is 2.98. The Kier molecular flexibility index (Phi) is 6.27. The van der Waals surface area contributed by atoms with Crippen molar-refractivity contribution in [3.8, 4) is 0 Å². The van der Waals surface area contributed by atoms with Gasteiger partial charge in [-0.25, -0.2) is 0 Å². The molecule has 2 nitrogen and oxygen atoms in total. The summed E-state index contributed by atoms with van der Waals surface area (Å²) in [5.41, 5.74) is 1.89. The van der Waals surface area contributed by atoms with E-state index in [2.05, 4.69) is 45.9 Å². The molecule has 0 aromatic carbocycles. The van der Waals surface area contributed by atoms with Crippen molar-refractivity contribution in [1.82, 2.24) is 5.06 Å². The van der Waals surface area contributed by atoms with Crippen molar-refractivity contribution in [1.29, 1.82) is 0 Å². The molecule has 0 aliphatic carbocycles. The van der Waals surface area contributed by atoms with Crippen LogP contribution in [0, 0.1) is 0 Å². The van der Waals surface area contributed by atoms with E-state index in [1.807, 2.05) is 19.1 Å². The Morgan fingerprint density at radius 1 is 1.19 bits per heavy atom. The Bertz CT molecular complexity index is 407. The van der Waals surface area contributed by atoms with Crippen LogP contribution in [0.3, 0.4) is 0 Å². The molecule has 21 heavy (non-hydrogen) atoms. The van der Waals surface area contributed by atoms with Gasteiger partial charge in [-0.05, 0) is 65.0 Å². The second-order valence-electron chi connectivity index (χ2n) is 7.22. The van der Waals surface area contributed by atoms with Crippen LogP contribution in [0.5, 0.6) is 0 Å². The molecule has 0 aromatic rings. The van der Waals surface area contributed by atoms with E-state index in [1.165, 1.54) is 6.42 Å². The summed E-state index contributed by atoms with van der Waals surface area (Å²) in [5.74, 6) is 0.436. The van der Waals surface area contributed by atoms with Gasteiger partial charge >= 0.3 is 0 Å². The number of piperidine rings is 1. The molecule has 1 rings (SSSR count). The van der Waals surface area contributed by atoms with Crippen LogP contribution < -0.4 is 0 Å².